The lowest BCUT2D eigenvalue weighted by atomic mass is 9.98. The Labute approximate surface area is 217 Å². The third-order valence-corrected chi connectivity index (χ3v) is 9.26. The van der Waals surface area contributed by atoms with Crippen LogP contribution in [0.2, 0.25) is 10.0 Å². The molecule has 1 fully saturated rings. The lowest BCUT2D eigenvalue weighted by Gasteiger charge is -2.34. The first-order valence-corrected chi connectivity index (χ1v) is 13.3. The number of carbonyl (C=O) groups excluding carboxylic acids is 1. The van der Waals surface area contributed by atoms with E-state index in [0.717, 1.165) is 0 Å². The van der Waals surface area contributed by atoms with Crippen molar-refractivity contribution in [2.45, 2.75) is 35.3 Å². The van der Waals surface area contributed by atoms with Gasteiger partial charge in [-0.2, -0.15) is 4.98 Å². The fourth-order valence-electron chi connectivity index (χ4n) is 3.92. The Hall–Kier alpha value is -2.70. The quantitative estimate of drug-likeness (QED) is 0.228. The minimum Gasteiger partial charge on any atom is -0.494 e. The maximum Gasteiger partial charge on any atom is 0.265 e. The summed E-state index contributed by atoms with van der Waals surface area (Å²) in [7, 11) is -4.09. The second-order valence-electron chi connectivity index (χ2n) is 8.09. The standard InChI is InChI=1S/C23H23Cl2N3O7S/c24-18-4-1-3-17(20(18)25)21-26-19(35-28-21)5-2-12-34-15-6-8-16(9-7-15)36(31,32)23(22(29)27-30)10-13-33-14-11-23/h1,3-4,6-9,30H,2,5,10-14H2,(H,27,29). The fraction of sp³-hybridized carbons (Fsp3) is 0.348. The summed E-state index contributed by atoms with van der Waals surface area (Å²) in [6, 6.07) is 11.0. The summed E-state index contributed by atoms with van der Waals surface area (Å²) in [5, 5.41) is 13.8. The van der Waals surface area contributed by atoms with Gasteiger partial charge in [-0.25, -0.2) is 13.9 Å². The number of carbonyl (C=O) groups is 1. The number of halogens is 2. The molecule has 1 aromatic heterocycles. The molecule has 10 nitrogen and oxygen atoms in total. The van der Waals surface area contributed by atoms with E-state index in [1.807, 2.05) is 0 Å². The molecule has 0 spiro atoms. The second-order valence-corrected chi connectivity index (χ2v) is 11.1. The van der Waals surface area contributed by atoms with E-state index in [1.165, 1.54) is 29.7 Å². The summed E-state index contributed by atoms with van der Waals surface area (Å²) in [5.74, 6) is 0.244. The van der Waals surface area contributed by atoms with Gasteiger partial charge in [0.25, 0.3) is 5.91 Å². The van der Waals surface area contributed by atoms with Gasteiger partial charge in [0.1, 0.15) is 5.75 Å². The van der Waals surface area contributed by atoms with Gasteiger partial charge in [-0.1, -0.05) is 34.4 Å². The van der Waals surface area contributed by atoms with Gasteiger partial charge in [0, 0.05) is 25.2 Å². The molecule has 13 heteroatoms. The lowest BCUT2D eigenvalue weighted by molar-refractivity contribution is -0.134. The van der Waals surface area contributed by atoms with Crippen molar-refractivity contribution in [2.75, 3.05) is 19.8 Å². The Balaban J connectivity index is 1.35. The molecule has 192 valence electrons. The average molecular weight is 556 g/mol. The van der Waals surface area contributed by atoms with Crippen LogP contribution in [0.5, 0.6) is 5.75 Å². The van der Waals surface area contributed by atoms with Crippen molar-refractivity contribution in [3.8, 4) is 17.1 Å². The molecule has 36 heavy (non-hydrogen) atoms. The van der Waals surface area contributed by atoms with Crippen molar-refractivity contribution < 1.29 is 32.4 Å². The number of nitrogens with zero attached hydrogens (tertiary/aromatic N) is 2. The van der Waals surface area contributed by atoms with E-state index in [0.29, 0.717) is 52.5 Å². The normalized spacial score (nSPS) is 15.4. The minimum absolute atomic E-state index is 0.0431. The number of aromatic nitrogens is 2. The first-order valence-electron chi connectivity index (χ1n) is 11.1. The summed E-state index contributed by atoms with van der Waals surface area (Å²) in [6.07, 6.45) is 0.908. The van der Waals surface area contributed by atoms with E-state index in [2.05, 4.69) is 10.1 Å². The molecule has 0 aliphatic carbocycles. The molecular formula is C23H23Cl2N3O7S. The summed E-state index contributed by atoms with van der Waals surface area (Å²) >= 11 is 12.2. The average Bonchev–Trinajstić information content (AvgIpc) is 3.37. The summed E-state index contributed by atoms with van der Waals surface area (Å²) < 4.78 is 40.9. The number of ether oxygens (including phenoxy) is 2. The molecule has 0 saturated carbocycles. The number of nitrogens with one attached hydrogen (secondary N) is 1. The Morgan fingerprint density at radius 1 is 1.14 bits per heavy atom. The highest BCUT2D eigenvalue weighted by atomic mass is 35.5. The van der Waals surface area contributed by atoms with Crippen molar-refractivity contribution in [1.29, 1.82) is 0 Å². The highest BCUT2D eigenvalue weighted by Gasteiger charge is 2.52. The van der Waals surface area contributed by atoms with Gasteiger partial charge in [-0.3, -0.25) is 10.0 Å². The highest BCUT2D eigenvalue weighted by Crippen LogP contribution is 2.36. The summed E-state index contributed by atoms with van der Waals surface area (Å²) in [4.78, 5) is 16.6. The van der Waals surface area contributed by atoms with Gasteiger partial charge >= 0.3 is 0 Å². The first-order chi connectivity index (χ1) is 17.3. The maximum atomic E-state index is 13.3. The zero-order valence-electron chi connectivity index (χ0n) is 18.9. The van der Waals surface area contributed by atoms with E-state index < -0.39 is 20.5 Å². The van der Waals surface area contributed by atoms with Gasteiger partial charge in [0.2, 0.25) is 11.7 Å². The van der Waals surface area contributed by atoms with E-state index in [-0.39, 0.29) is 31.0 Å². The topological polar surface area (TPSA) is 141 Å². The van der Waals surface area contributed by atoms with Crippen molar-refractivity contribution in [1.82, 2.24) is 15.6 Å². The van der Waals surface area contributed by atoms with Crippen molar-refractivity contribution in [2.24, 2.45) is 0 Å². The van der Waals surface area contributed by atoms with Gasteiger partial charge in [0.05, 0.1) is 21.5 Å². The van der Waals surface area contributed by atoms with Crippen molar-refractivity contribution >= 4 is 38.9 Å². The van der Waals surface area contributed by atoms with Crippen LogP contribution >= 0.6 is 23.2 Å². The SMILES string of the molecule is O=C(NO)C1(S(=O)(=O)c2ccc(OCCCc3nc(-c4cccc(Cl)c4Cl)no3)cc2)CCOCC1. The van der Waals surface area contributed by atoms with Crippen LogP contribution in [0.25, 0.3) is 11.4 Å². The van der Waals surface area contributed by atoms with Crippen LogP contribution in [-0.4, -0.2) is 54.2 Å². The predicted molar refractivity (Wildman–Crippen MR) is 130 cm³/mol. The van der Waals surface area contributed by atoms with Crippen molar-refractivity contribution in [3.63, 3.8) is 0 Å². The van der Waals surface area contributed by atoms with Crippen LogP contribution in [0.15, 0.2) is 51.9 Å². The monoisotopic (exact) mass is 555 g/mol. The van der Waals surface area contributed by atoms with Gasteiger partial charge in [-0.15, -0.1) is 0 Å². The Morgan fingerprint density at radius 2 is 1.86 bits per heavy atom. The molecule has 0 unspecified atom stereocenters. The van der Waals surface area contributed by atoms with Gasteiger partial charge < -0.3 is 14.0 Å². The van der Waals surface area contributed by atoms with Crippen molar-refractivity contribution in [3.05, 3.63) is 58.4 Å². The molecule has 0 radical (unpaired) electrons. The van der Waals surface area contributed by atoms with Crippen LogP contribution in [0.1, 0.15) is 25.2 Å². The molecule has 1 aliphatic rings. The summed E-state index contributed by atoms with van der Waals surface area (Å²) in [6.45, 7) is 0.513. The Kier molecular flexibility index (Phi) is 8.16. The predicted octanol–water partition coefficient (Wildman–Crippen LogP) is 3.88. The Morgan fingerprint density at radius 3 is 2.56 bits per heavy atom. The molecule has 0 atom stereocenters. The highest BCUT2D eigenvalue weighted by molar-refractivity contribution is 7.93. The van der Waals surface area contributed by atoms with Gasteiger partial charge in [-0.05, 0) is 55.7 Å². The third kappa shape index (κ3) is 5.21. The molecule has 2 aromatic carbocycles. The number of rotatable bonds is 9. The summed E-state index contributed by atoms with van der Waals surface area (Å²) in [5.41, 5.74) is 2.07. The number of aryl methyl sites for hydroxylation is 1. The molecular weight excluding hydrogens is 533 g/mol. The molecule has 0 bridgehead atoms. The van der Waals surface area contributed by atoms with E-state index >= 15 is 0 Å². The molecule has 2 heterocycles. The molecule has 2 N–H and O–H groups in total. The lowest BCUT2D eigenvalue weighted by Crippen LogP contribution is -2.54. The number of amides is 1. The van der Waals surface area contributed by atoms with E-state index in [1.54, 1.807) is 18.2 Å². The van der Waals surface area contributed by atoms with Crippen LogP contribution in [-0.2, 0) is 25.8 Å². The van der Waals surface area contributed by atoms with Crippen LogP contribution in [0.3, 0.4) is 0 Å². The largest absolute Gasteiger partial charge is 0.494 e. The number of hydrogen-bond acceptors (Lipinski definition) is 9. The maximum absolute atomic E-state index is 13.3. The van der Waals surface area contributed by atoms with Crippen LogP contribution in [0.4, 0.5) is 0 Å². The van der Waals surface area contributed by atoms with E-state index in [4.69, 9.17) is 42.4 Å². The molecule has 1 amide bonds. The van der Waals surface area contributed by atoms with Crippen LogP contribution < -0.4 is 10.2 Å². The number of hydrogen-bond donors (Lipinski definition) is 2. The van der Waals surface area contributed by atoms with Crippen LogP contribution in [0, 0.1) is 0 Å². The second kappa shape index (κ2) is 11.1. The molecule has 3 aromatic rings. The zero-order chi connectivity index (χ0) is 25.8. The smallest absolute Gasteiger partial charge is 0.265 e. The minimum atomic E-state index is -4.09. The van der Waals surface area contributed by atoms with Gasteiger partial charge in [0.15, 0.2) is 14.6 Å². The molecule has 4 rings (SSSR count). The number of hydroxylamine groups is 1. The zero-order valence-corrected chi connectivity index (χ0v) is 21.3. The fourth-order valence-corrected chi connectivity index (χ4v) is 6.24. The molecule has 1 aliphatic heterocycles. The number of benzene rings is 2. The number of sulfone groups is 1. The molecule has 1 saturated heterocycles. The van der Waals surface area contributed by atoms with E-state index in [9.17, 15) is 13.2 Å². The Bertz CT molecular complexity index is 1320. The first kappa shape index (κ1) is 26.4. The third-order valence-electron chi connectivity index (χ3n) is 5.93.